The molecule has 1 saturated heterocycles. The SMILES string of the molecule is CC1CN(Cc2ccc(CNC3CC3)cc2)CC(C)(C)O1. The molecule has 0 spiro atoms. The molecule has 3 nitrogen and oxygen atoms in total. The van der Waals surface area contributed by atoms with Crippen molar-refractivity contribution in [3.63, 3.8) is 0 Å². The van der Waals surface area contributed by atoms with Gasteiger partial charge in [-0.25, -0.2) is 0 Å². The van der Waals surface area contributed by atoms with Gasteiger partial charge in [0.05, 0.1) is 11.7 Å². The van der Waals surface area contributed by atoms with Gasteiger partial charge < -0.3 is 10.1 Å². The Morgan fingerprint density at radius 1 is 1.19 bits per heavy atom. The maximum Gasteiger partial charge on any atom is 0.0757 e. The number of ether oxygens (including phenoxy) is 1. The third-order valence-electron chi connectivity index (χ3n) is 4.24. The highest BCUT2D eigenvalue weighted by Crippen LogP contribution is 2.22. The maximum absolute atomic E-state index is 5.97. The Labute approximate surface area is 128 Å². The summed E-state index contributed by atoms with van der Waals surface area (Å²) in [7, 11) is 0. The summed E-state index contributed by atoms with van der Waals surface area (Å²) >= 11 is 0. The summed E-state index contributed by atoms with van der Waals surface area (Å²) in [6.07, 6.45) is 3.02. The largest absolute Gasteiger partial charge is 0.370 e. The summed E-state index contributed by atoms with van der Waals surface area (Å²) in [6.45, 7) is 10.6. The van der Waals surface area contributed by atoms with Crippen molar-refractivity contribution in [2.75, 3.05) is 13.1 Å². The van der Waals surface area contributed by atoms with Crippen LogP contribution < -0.4 is 5.32 Å². The van der Waals surface area contributed by atoms with Gasteiger partial charge in [0.25, 0.3) is 0 Å². The molecule has 1 heterocycles. The third kappa shape index (κ3) is 4.53. The molecule has 0 bridgehead atoms. The Balaban J connectivity index is 1.54. The molecule has 1 unspecified atom stereocenters. The fraction of sp³-hybridized carbons (Fsp3) is 0.667. The molecule has 1 aliphatic carbocycles. The first kappa shape index (κ1) is 15.0. The summed E-state index contributed by atoms with van der Waals surface area (Å²) in [6, 6.07) is 9.86. The summed E-state index contributed by atoms with van der Waals surface area (Å²) in [5.74, 6) is 0. The van der Waals surface area contributed by atoms with Crippen LogP contribution in [0, 0.1) is 0 Å². The zero-order valence-corrected chi connectivity index (χ0v) is 13.6. The maximum atomic E-state index is 5.97. The lowest BCUT2D eigenvalue weighted by Crippen LogP contribution is -2.51. The number of morpholine rings is 1. The van der Waals surface area contributed by atoms with Crippen LogP contribution in [-0.2, 0) is 17.8 Å². The van der Waals surface area contributed by atoms with Crippen LogP contribution in [0.15, 0.2) is 24.3 Å². The fourth-order valence-electron chi connectivity index (χ4n) is 3.28. The summed E-state index contributed by atoms with van der Waals surface area (Å²) in [5, 5.41) is 3.56. The van der Waals surface area contributed by atoms with E-state index in [0.717, 1.165) is 32.2 Å². The standard InChI is InChI=1S/C18H28N2O/c1-14-11-20(13-18(2,3)21-14)12-16-6-4-15(5-7-16)10-19-17-8-9-17/h4-7,14,17,19H,8-13H2,1-3H3. The molecule has 0 aromatic heterocycles. The third-order valence-corrected chi connectivity index (χ3v) is 4.24. The minimum Gasteiger partial charge on any atom is -0.370 e. The number of rotatable bonds is 5. The quantitative estimate of drug-likeness (QED) is 0.901. The van der Waals surface area contributed by atoms with E-state index in [0.29, 0.717) is 6.10 Å². The van der Waals surface area contributed by atoms with E-state index >= 15 is 0 Å². The number of hydrogen-bond acceptors (Lipinski definition) is 3. The second-order valence-corrected chi connectivity index (χ2v) is 7.33. The molecule has 2 aliphatic rings. The molecule has 1 aromatic carbocycles. The minimum absolute atomic E-state index is 0.0359. The Morgan fingerprint density at radius 2 is 1.86 bits per heavy atom. The zero-order chi connectivity index (χ0) is 14.9. The van der Waals surface area contributed by atoms with Crippen LogP contribution in [0.2, 0.25) is 0 Å². The van der Waals surface area contributed by atoms with Gasteiger partial charge in [-0.05, 0) is 44.7 Å². The van der Waals surface area contributed by atoms with Gasteiger partial charge in [-0.3, -0.25) is 4.90 Å². The van der Waals surface area contributed by atoms with Crippen LogP contribution in [0.3, 0.4) is 0 Å². The van der Waals surface area contributed by atoms with Crippen molar-refractivity contribution in [2.45, 2.75) is 64.4 Å². The lowest BCUT2D eigenvalue weighted by atomic mass is 10.0. The van der Waals surface area contributed by atoms with Gasteiger partial charge in [-0.2, -0.15) is 0 Å². The predicted octanol–water partition coefficient (Wildman–Crippen LogP) is 2.94. The van der Waals surface area contributed by atoms with Crippen LogP contribution in [0.25, 0.3) is 0 Å². The second-order valence-electron chi connectivity index (χ2n) is 7.33. The zero-order valence-electron chi connectivity index (χ0n) is 13.6. The van der Waals surface area contributed by atoms with Gasteiger partial charge in [0.15, 0.2) is 0 Å². The number of benzene rings is 1. The van der Waals surface area contributed by atoms with Gasteiger partial charge in [0, 0.05) is 32.2 Å². The summed E-state index contributed by atoms with van der Waals surface area (Å²) < 4.78 is 5.97. The molecule has 1 aromatic rings. The predicted molar refractivity (Wildman–Crippen MR) is 86.2 cm³/mol. The molecule has 3 heteroatoms. The highest BCUT2D eigenvalue weighted by molar-refractivity contribution is 5.22. The van der Waals surface area contributed by atoms with Crippen LogP contribution in [0.1, 0.15) is 44.7 Å². The van der Waals surface area contributed by atoms with E-state index in [9.17, 15) is 0 Å². The van der Waals surface area contributed by atoms with E-state index in [2.05, 4.69) is 55.3 Å². The number of nitrogens with zero attached hydrogens (tertiary/aromatic N) is 1. The summed E-state index contributed by atoms with van der Waals surface area (Å²) in [4.78, 5) is 2.51. The molecular formula is C18H28N2O. The second kappa shape index (κ2) is 6.07. The normalized spacial score (nSPS) is 26.0. The van der Waals surface area contributed by atoms with Gasteiger partial charge in [0.2, 0.25) is 0 Å². The van der Waals surface area contributed by atoms with Gasteiger partial charge >= 0.3 is 0 Å². The van der Waals surface area contributed by atoms with E-state index in [1.54, 1.807) is 0 Å². The minimum atomic E-state index is -0.0359. The molecule has 1 aliphatic heterocycles. The first-order valence-corrected chi connectivity index (χ1v) is 8.21. The van der Waals surface area contributed by atoms with Crippen molar-refractivity contribution in [2.24, 2.45) is 0 Å². The van der Waals surface area contributed by atoms with Gasteiger partial charge in [-0.15, -0.1) is 0 Å². The average Bonchev–Trinajstić information content (AvgIpc) is 3.19. The molecule has 1 saturated carbocycles. The number of nitrogens with one attached hydrogen (secondary N) is 1. The monoisotopic (exact) mass is 288 g/mol. The van der Waals surface area contributed by atoms with Crippen molar-refractivity contribution in [3.8, 4) is 0 Å². The smallest absolute Gasteiger partial charge is 0.0757 e. The Morgan fingerprint density at radius 3 is 2.48 bits per heavy atom. The molecule has 3 rings (SSSR count). The molecule has 21 heavy (non-hydrogen) atoms. The van der Waals surface area contributed by atoms with Crippen molar-refractivity contribution in [3.05, 3.63) is 35.4 Å². The topological polar surface area (TPSA) is 24.5 Å². The molecule has 116 valence electrons. The highest BCUT2D eigenvalue weighted by atomic mass is 16.5. The fourth-order valence-corrected chi connectivity index (χ4v) is 3.28. The van der Waals surface area contributed by atoms with E-state index in [1.807, 2.05) is 0 Å². The van der Waals surface area contributed by atoms with Crippen LogP contribution in [-0.4, -0.2) is 35.7 Å². The molecule has 2 fully saturated rings. The Hall–Kier alpha value is -0.900. The van der Waals surface area contributed by atoms with Crippen molar-refractivity contribution >= 4 is 0 Å². The van der Waals surface area contributed by atoms with Crippen molar-refractivity contribution < 1.29 is 4.74 Å². The van der Waals surface area contributed by atoms with Crippen LogP contribution in [0.5, 0.6) is 0 Å². The van der Waals surface area contributed by atoms with Crippen molar-refractivity contribution in [1.82, 2.24) is 10.2 Å². The van der Waals surface area contributed by atoms with Gasteiger partial charge in [0.1, 0.15) is 0 Å². The first-order chi connectivity index (χ1) is 10.00. The van der Waals surface area contributed by atoms with Crippen molar-refractivity contribution in [1.29, 1.82) is 0 Å². The summed E-state index contributed by atoms with van der Waals surface area (Å²) in [5.41, 5.74) is 2.75. The van der Waals surface area contributed by atoms with Crippen LogP contribution >= 0.6 is 0 Å². The molecule has 0 amide bonds. The molecule has 1 atom stereocenters. The lowest BCUT2D eigenvalue weighted by molar-refractivity contribution is -0.130. The van der Waals surface area contributed by atoms with E-state index in [1.165, 1.54) is 24.0 Å². The molecule has 1 N–H and O–H groups in total. The number of hydrogen-bond donors (Lipinski definition) is 1. The van der Waals surface area contributed by atoms with E-state index in [-0.39, 0.29) is 5.60 Å². The lowest BCUT2D eigenvalue weighted by Gasteiger charge is -2.41. The molecular weight excluding hydrogens is 260 g/mol. The highest BCUT2D eigenvalue weighted by Gasteiger charge is 2.31. The molecule has 0 radical (unpaired) electrons. The average molecular weight is 288 g/mol. The van der Waals surface area contributed by atoms with Crippen LogP contribution in [0.4, 0.5) is 0 Å². The van der Waals surface area contributed by atoms with E-state index in [4.69, 9.17) is 4.74 Å². The Kier molecular flexibility index (Phi) is 4.34. The first-order valence-electron chi connectivity index (χ1n) is 8.21. The van der Waals surface area contributed by atoms with E-state index < -0.39 is 0 Å². The Bertz CT molecular complexity index is 465. The van der Waals surface area contributed by atoms with Gasteiger partial charge in [-0.1, -0.05) is 24.3 Å².